The van der Waals surface area contributed by atoms with Crippen LogP contribution in [-0.2, 0) is 9.59 Å². The highest BCUT2D eigenvalue weighted by Crippen LogP contribution is 2.36. The molecule has 2 aromatic rings. The molecule has 3 rings (SSSR count). The molecule has 0 spiro atoms. The summed E-state index contributed by atoms with van der Waals surface area (Å²) in [5.74, 6) is -0.419. The van der Waals surface area contributed by atoms with Gasteiger partial charge < -0.3 is 29.4 Å². The van der Waals surface area contributed by atoms with E-state index in [0.717, 1.165) is 0 Å². The second-order valence-corrected chi connectivity index (χ2v) is 7.63. The third-order valence-electron chi connectivity index (χ3n) is 4.97. The number of fused-ring (bicyclic) bond motifs is 1. The Morgan fingerprint density at radius 2 is 1.82 bits per heavy atom. The van der Waals surface area contributed by atoms with Crippen molar-refractivity contribution in [2.75, 3.05) is 20.8 Å². The molecule has 2 aromatic carbocycles. The van der Waals surface area contributed by atoms with Gasteiger partial charge >= 0.3 is 5.97 Å². The van der Waals surface area contributed by atoms with Crippen LogP contribution < -0.4 is 24.3 Å². The van der Waals surface area contributed by atoms with Crippen molar-refractivity contribution in [3.8, 4) is 23.0 Å². The van der Waals surface area contributed by atoms with Gasteiger partial charge in [0.05, 0.1) is 19.8 Å². The molecule has 1 atom stereocenters. The SMILES string of the molecule is COc1ccc(C=C2Oc3cc(OCC(=O)N[C@H](C(=O)O)C(C)C)ccc3C2=O)cc1OC. The molecule has 0 aromatic heterocycles. The zero-order valence-electron chi connectivity index (χ0n) is 18.7. The largest absolute Gasteiger partial charge is 0.493 e. The molecule has 1 amide bonds. The molecule has 9 heteroatoms. The van der Waals surface area contributed by atoms with Gasteiger partial charge in [-0.15, -0.1) is 0 Å². The summed E-state index contributed by atoms with van der Waals surface area (Å²) in [7, 11) is 3.06. The number of nitrogens with one attached hydrogen (secondary N) is 1. The first kappa shape index (κ1) is 23.6. The Morgan fingerprint density at radius 1 is 1.09 bits per heavy atom. The van der Waals surface area contributed by atoms with Gasteiger partial charge in [-0.05, 0) is 41.8 Å². The Morgan fingerprint density at radius 3 is 2.45 bits per heavy atom. The quantitative estimate of drug-likeness (QED) is 0.554. The number of ketones is 1. The number of amides is 1. The van der Waals surface area contributed by atoms with Crippen LogP contribution in [0.25, 0.3) is 6.08 Å². The molecule has 0 radical (unpaired) electrons. The fraction of sp³-hybridized carbons (Fsp3) is 0.292. The molecule has 0 aliphatic carbocycles. The molecule has 1 aliphatic heterocycles. The van der Waals surface area contributed by atoms with E-state index in [9.17, 15) is 19.5 Å². The maximum Gasteiger partial charge on any atom is 0.326 e. The number of hydrogen-bond acceptors (Lipinski definition) is 7. The number of ether oxygens (including phenoxy) is 4. The van der Waals surface area contributed by atoms with E-state index in [1.165, 1.54) is 20.3 Å². The summed E-state index contributed by atoms with van der Waals surface area (Å²) in [6.45, 7) is 3.02. The van der Waals surface area contributed by atoms with E-state index in [1.807, 2.05) is 0 Å². The minimum Gasteiger partial charge on any atom is -0.493 e. The van der Waals surface area contributed by atoms with Gasteiger partial charge in [0.1, 0.15) is 17.5 Å². The molecule has 0 bridgehead atoms. The third kappa shape index (κ3) is 5.43. The van der Waals surface area contributed by atoms with Crippen LogP contribution in [0.2, 0.25) is 0 Å². The van der Waals surface area contributed by atoms with Crippen LogP contribution in [0.5, 0.6) is 23.0 Å². The van der Waals surface area contributed by atoms with Crippen LogP contribution in [0.1, 0.15) is 29.8 Å². The summed E-state index contributed by atoms with van der Waals surface area (Å²) in [5.41, 5.74) is 1.05. The Labute approximate surface area is 190 Å². The molecule has 1 aliphatic rings. The first-order valence-corrected chi connectivity index (χ1v) is 10.2. The van der Waals surface area contributed by atoms with Gasteiger partial charge in [-0.25, -0.2) is 4.79 Å². The minimum absolute atomic E-state index is 0.133. The standard InChI is InChI=1S/C24H25NO8/c1-13(2)22(24(28)29)25-21(26)12-32-15-6-7-16-18(11-15)33-20(23(16)27)10-14-5-8-17(30-3)19(9-14)31-4/h5-11,13,22H,12H2,1-4H3,(H,25,26)(H,28,29)/t22-/m0/s1. The van der Waals surface area contributed by atoms with Crippen LogP contribution in [0.3, 0.4) is 0 Å². The summed E-state index contributed by atoms with van der Waals surface area (Å²) in [6.07, 6.45) is 1.59. The van der Waals surface area contributed by atoms with E-state index in [2.05, 4.69) is 5.32 Å². The van der Waals surface area contributed by atoms with Gasteiger partial charge in [0.15, 0.2) is 23.9 Å². The monoisotopic (exact) mass is 455 g/mol. The first-order chi connectivity index (χ1) is 15.7. The van der Waals surface area contributed by atoms with Crippen LogP contribution in [0, 0.1) is 5.92 Å². The number of carboxylic acid groups (broad SMARTS) is 1. The van der Waals surface area contributed by atoms with Crippen LogP contribution in [0.15, 0.2) is 42.2 Å². The molecule has 0 fully saturated rings. The van der Waals surface area contributed by atoms with E-state index in [4.69, 9.17) is 18.9 Å². The summed E-state index contributed by atoms with van der Waals surface area (Å²) in [5, 5.41) is 11.6. The molecule has 0 unspecified atom stereocenters. The van der Waals surface area contributed by atoms with Crippen molar-refractivity contribution in [1.29, 1.82) is 0 Å². The molecule has 33 heavy (non-hydrogen) atoms. The average molecular weight is 455 g/mol. The van der Waals surface area contributed by atoms with E-state index in [1.54, 1.807) is 50.3 Å². The molecular weight excluding hydrogens is 430 g/mol. The summed E-state index contributed by atoms with van der Waals surface area (Å²) < 4.78 is 21.7. The number of methoxy groups -OCH3 is 2. The van der Waals surface area contributed by atoms with Crippen molar-refractivity contribution >= 4 is 23.7 Å². The van der Waals surface area contributed by atoms with Gasteiger partial charge in [-0.1, -0.05) is 19.9 Å². The first-order valence-electron chi connectivity index (χ1n) is 10.2. The van der Waals surface area contributed by atoms with Crippen molar-refractivity contribution in [2.24, 2.45) is 5.92 Å². The Balaban J connectivity index is 1.69. The maximum atomic E-state index is 12.7. The highest BCUT2D eigenvalue weighted by Gasteiger charge is 2.28. The van der Waals surface area contributed by atoms with Crippen LogP contribution in [0.4, 0.5) is 0 Å². The maximum absolute atomic E-state index is 12.7. The number of benzene rings is 2. The van der Waals surface area contributed by atoms with Gasteiger partial charge in [0, 0.05) is 6.07 Å². The Hall–Kier alpha value is -4.01. The van der Waals surface area contributed by atoms with E-state index < -0.39 is 17.9 Å². The van der Waals surface area contributed by atoms with Crippen molar-refractivity contribution in [3.05, 3.63) is 53.3 Å². The summed E-state index contributed by atoms with van der Waals surface area (Å²) in [6, 6.07) is 8.81. The van der Waals surface area contributed by atoms with Crippen molar-refractivity contribution < 1.29 is 38.4 Å². The lowest BCUT2D eigenvalue weighted by Crippen LogP contribution is -2.46. The van der Waals surface area contributed by atoms with Crippen molar-refractivity contribution in [2.45, 2.75) is 19.9 Å². The van der Waals surface area contributed by atoms with Gasteiger partial charge in [-0.2, -0.15) is 0 Å². The number of carbonyl (C=O) groups excluding carboxylic acids is 2. The molecule has 2 N–H and O–H groups in total. The van der Waals surface area contributed by atoms with Gasteiger partial charge in [0.2, 0.25) is 5.78 Å². The number of rotatable bonds is 9. The molecule has 1 heterocycles. The lowest BCUT2D eigenvalue weighted by Gasteiger charge is -2.18. The summed E-state index contributed by atoms with van der Waals surface area (Å²) in [4.78, 5) is 36.0. The van der Waals surface area contributed by atoms with Crippen LogP contribution in [-0.4, -0.2) is 49.6 Å². The Bertz CT molecular complexity index is 1110. The molecule has 0 saturated heterocycles. The van der Waals surface area contributed by atoms with Crippen molar-refractivity contribution in [3.63, 3.8) is 0 Å². The number of allylic oxidation sites excluding steroid dienone is 1. The van der Waals surface area contributed by atoms with E-state index in [-0.39, 0.29) is 24.1 Å². The average Bonchev–Trinajstić information content (AvgIpc) is 3.09. The number of aliphatic carboxylic acids is 1. The second kappa shape index (κ2) is 10.1. The zero-order valence-corrected chi connectivity index (χ0v) is 18.7. The van der Waals surface area contributed by atoms with E-state index in [0.29, 0.717) is 34.1 Å². The van der Waals surface area contributed by atoms with E-state index >= 15 is 0 Å². The highest BCUT2D eigenvalue weighted by molar-refractivity contribution is 6.14. The molecule has 0 saturated carbocycles. The van der Waals surface area contributed by atoms with Gasteiger partial charge in [-0.3, -0.25) is 9.59 Å². The normalized spacial score (nSPS) is 14.5. The van der Waals surface area contributed by atoms with Crippen molar-refractivity contribution in [1.82, 2.24) is 5.32 Å². The molecule has 174 valence electrons. The topological polar surface area (TPSA) is 120 Å². The van der Waals surface area contributed by atoms with Crippen LogP contribution >= 0.6 is 0 Å². The number of hydrogen-bond donors (Lipinski definition) is 2. The number of carboxylic acids is 1. The lowest BCUT2D eigenvalue weighted by atomic mass is 10.1. The second-order valence-electron chi connectivity index (χ2n) is 7.63. The predicted octanol–water partition coefficient (Wildman–Crippen LogP) is 2.92. The fourth-order valence-corrected chi connectivity index (χ4v) is 3.23. The number of carbonyl (C=O) groups is 3. The highest BCUT2D eigenvalue weighted by atomic mass is 16.5. The fourth-order valence-electron chi connectivity index (χ4n) is 3.23. The smallest absolute Gasteiger partial charge is 0.326 e. The predicted molar refractivity (Wildman–Crippen MR) is 119 cm³/mol. The number of Topliss-reactive ketones (excluding diaryl/α,β-unsaturated/α-hetero) is 1. The third-order valence-corrected chi connectivity index (χ3v) is 4.97. The molecule has 9 nitrogen and oxygen atoms in total. The summed E-state index contributed by atoms with van der Waals surface area (Å²) >= 11 is 0. The lowest BCUT2D eigenvalue weighted by molar-refractivity contribution is -0.143. The molecular formula is C24H25NO8. The Kier molecular flexibility index (Phi) is 7.22. The minimum atomic E-state index is -1.11. The van der Waals surface area contributed by atoms with Gasteiger partial charge in [0.25, 0.3) is 5.91 Å². The zero-order chi connectivity index (χ0) is 24.1.